The van der Waals surface area contributed by atoms with Crippen LogP contribution in [0.25, 0.3) is 0 Å². The molecule has 0 radical (unpaired) electrons. The first-order chi connectivity index (χ1) is 13.7. The zero-order chi connectivity index (χ0) is 19.8. The Balaban J connectivity index is 1.62. The van der Waals surface area contributed by atoms with Gasteiger partial charge in [-0.15, -0.1) is 0 Å². The van der Waals surface area contributed by atoms with Crippen molar-refractivity contribution in [1.29, 1.82) is 0 Å². The molecule has 0 aliphatic rings. The molecular formula is C23H25N3O2. The van der Waals surface area contributed by atoms with Gasteiger partial charge < -0.3 is 15.4 Å². The molecule has 5 nitrogen and oxygen atoms in total. The Morgan fingerprint density at radius 3 is 2.57 bits per heavy atom. The maximum atomic E-state index is 12.5. The largest absolute Gasteiger partial charge is 0.496 e. The average Bonchev–Trinajstić information content (AvgIpc) is 2.74. The molecule has 1 aromatic heterocycles. The number of nitrogens with one attached hydrogen (secondary N) is 2. The van der Waals surface area contributed by atoms with Crippen LogP contribution in [0.15, 0.2) is 66.9 Å². The minimum atomic E-state index is -0.121. The van der Waals surface area contributed by atoms with Gasteiger partial charge in [0.15, 0.2) is 0 Å². The van der Waals surface area contributed by atoms with Crippen LogP contribution >= 0.6 is 0 Å². The number of benzene rings is 2. The van der Waals surface area contributed by atoms with Crippen LogP contribution in [0, 0.1) is 0 Å². The number of amides is 1. The second kappa shape index (κ2) is 9.55. The highest BCUT2D eigenvalue weighted by molar-refractivity contribution is 5.94. The fraction of sp³-hybridized carbons (Fsp3) is 0.217. The summed E-state index contributed by atoms with van der Waals surface area (Å²) in [6, 6.07) is 19.4. The number of rotatable bonds is 8. The number of pyridine rings is 1. The Morgan fingerprint density at radius 1 is 1.04 bits per heavy atom. The van der Waals surface area contributed by atoms with Gasteiger partial charge in [0, 0.05) is 24.0 Å². The van der Waals surface area contributed by atoms with E-state index in [1.54, 1.807) is 25.4 Å². The average molecular weight is 375 g/mol. The summed E-state index contributed by atoms with van der Waals surface area (Å²) in [5.41, 5.74) is 3.85. The van der Waals surface area contributed by atoms with E-state index < -0.39 is 0 Å². The molecule has 0 saturated carbocycles. The summed E-state index contributed by atoms with van der Waals surface area (Å²) in [7, 11) is 1.65. The van der Waals surface area contributed by atoms with E-state index in [4.69, 9.17) is 4.74 Å². The minimum absolute atomic E-state index is 0.121. The monoisotopic (exact) mass is 375 g/mol. The minimum Gasteiger partial charge on any atom is -0.496 e. The van der Waals surface area contributed by atoms with Crippen LogP contribution in [0.3, 0.4) is 0 Å². The molecule has 0 aliphatic heterocycles. The number of carbonyl (C=O) groups excluding carboxylic acids is 1. The van der Waals surface area contributed by atoms with Gasteiger partial charge in [0.05, 0.1) is 7.11 Å². The number of para-hydroxylation sites is 2. The predicted octanol–water partition coefficient (Wildman–Crippen LogP) is 4.37. The van der Waals surface area contributed by atoms with Gasteiger partial charge in [-0.2, -0.15) is 0 Å². The van der Waals surface area contributed by atoms with Crippen LogP contribution in [-0.4, -0.2) is 24.5 Å². The molecule has 0 spiro atoms. The van der Waals surface area contributed by atoms with E-state index in [0.717, 1.165) is 23.4 Å². The molecule has 1 amide bonds. The molecule has 2 aromatic carbocycles. The molecule has 5 heteroatoms. The third kappa shape index (κ3) is 4.88. The number of aryl methyl sites for hydroxylation is 1. The zero-order valence-electron chi connectivity index (χ0n) is 16.2. The summed E-state index contributed by atoms with van der Waals surface area (Å²) in [5, 5.41) is 6.27. The standard InChI is InChI=1S/C23H25N3O2/c1-3-17-8-4-6-10-20(17)26-22-16-19(13-14-24-22)23(27)25-15-12-18-9-5-7-11-21(18)28-2/h4-11,13-14,16H,3,12,15H2,1-2H3,(H,24,26)(H,25,27). The van der Waals surface area contributed by atoms with Crippen molar-refractivity contribution in [3.63, 3.8) is 0 Å². The number of ether oxygens (including phenoxy) is 1. The molecule has 3 rings (SSSR count). The molecule has 144 valence electrons. The molecule has 0 aliphatic carbocycles. The quantitative estimate of drug-likeness (QED) is 0.614. The van der Waals surface area contributed by atoms with E-state index in [0.29, 0.717) is 24.3 Å². The summed E-state index contributed by atoms with van der Waals surface area (Å²) in [4.78, 5) is 16.9. The van der Waals surface area contributed by atoms with E-state index in [9.17, 15) is 4.79 Å². The van der Waals surface area contributed by atoms with Crippen molar-refractivity contribution >= 4 is 17.4 Å². The molecule has 3 aromatic rings. The lowest BCUT2D eigenvalue weighted by Crippen LogP contribution is -2.25. The van der Waals surface area contributed by atoms with Crippen molar-refractivity contribution in [1.82, 2.24) is 10.3 Å². The van der Waals surface area contributed by atoms with Gasteiger partial charge in [-0.1, -0.05) is 43.3 Å². The van der Waals surface area contributed by atoms with Gasteiger partial charge in [-0.25, -0.2) is 4.98 Å². The fourth-order valence-electron chi connectivity index (χ4n) is 3.05. The molecular weight excluding hydrogens is 350 g/mol. The molecule has 1 heterocycles. The van der Waals surface area contributed by atoms with E-state index in [-0.39, 0.29) is 5.91 Å². The van der Waals surface area contributed by atoms with Crippen LogP contribution in [0.5, 0.6) is 5.75 Å². The molecule has 0 bridgehead atoms. The van der Waals surface area contributed by atoms with Gasteiger partial charge >= 0.3 is 0 Å². The van der Waals surface area contributed by atoms with Crippen molar-refractivity contribution in [3.05, 3.63) is 83.6 Å². The molecule has 0 unspecified atom stereocenters. The second-order valence-corrected chi connectivity index (χ2v) is 6.38. The van der Waals surface area contributed by atoms with Gasteiger partial charge in [0.2, 0.25) is 0 Å². The summed E-state index contributed by atoms with van der Waals surface area (Å²) < 4.78 is 5.35. The number of nitrogens with zero attached hydrogens (tertiary/aromatic N) is 1. The topological polar surface area (TPSA) is 63.2 Å². The van der Waals surface area contributed by atoms with Gasteiger partial charge in [0.25, 0.3) is 5.91 Å². The molecule has 0 atom stereocenters. The first kappa shape index (κ1) is 19.4. The van der Waals surface area contributed by atoms with Crippen LogP contribution in [0.1, 0.15) is 28.4 Å². The number of hydrogen-bond donors (Lipinski definition) is 2. The summed E-state index contributed by atoms with van der Waals surface area (Å²) >= 11 is 0. The Kier molecular flexibility index (Phi) is 6.63. The normalized spacial score (nSPS) is 10.4. The highest BCUT2D eigenvalue weighted by atomic mass is 16.5. The van der Waals surface area contributed by atoms with Gasteiger partial charge in [0.1, 0.15) is 11.6 Å². The predicted molar refractivity (Wildman–Crippen MR) is 112 cm³/mol. The summed E-state index contributed by atoms with van der Waals surface area (Å²) in [6.45, 7) is 2.64. The number of hydrogen-bond acceptors (Lipinski definition) is 4. The number of anilines is 2. The van der Waals surface area contributed by atoms with Crippen LogP contribution in [0.4, 0.5) is 11.5 Å². The first-order valence-electron chi connectivity index (χ1n) is 9.42. The Bertz CT molecular complexity index is 940. The fourth-order valence-corrected chi connectivity index (χ4v) is 3.05. The molecule has 2 N–H and O–H groups in total. The van der Waals surface area contributed by atoms with E-state index in [1.165, 1.54) is 5.56 Å². The summed E-state index contributed by atoms with van der Waals surface area (Å²) in [6.07, 6.45) is 3.27. The van der Waals surface area contributed by atoms with Crippen molar-refractivity contribution < 1.29 is 9.53 Å². The highest BCUT2D eigenvalue weighted by Gasteiger charge is 2.09. The van der Waals surface area contributed by atoms with Crippen LogP contribution in [0.2, 0.25) is 0 Å². The Labute approximate surface area is 165 Å². The van der Waals surface area contributed by atoms with Crippen molar-refractivity contribution in [2.24, 2.45) is 0 Å². The summed E-state index contributed by atoms with van der Waals surface area (Å²) in [5.74, 6) is 1.36. The van der Waals surface area contributed by atoms with E-state index in [2.05, 4.69) is 28.6 Å². The van der Waals surface area contributed by atoms with Crippen LogP contribution in [-0.2, 0) is 12.8 Å². The SMILES string of the molecule is CCc1ccccc1Nc1cc(C(=O)NCCc2ccccc2OC)ccn1. The lowest BCUT2D eigenvalue weighted by Gasteiger charge is -2.12. The highest BCUT2D eigenvalue weighted by Crippen LogP contribution is 2.21. The zero-order valence-corrected chi connectivity index (χ0v) is 16.2. The maximum Gasteiger partial charge on any atom is 0.251 e. The lowest BCUT2D eigenvalue weighted by atomic mass is 10.1. The Morgan fingerprint density at radius 2 is 1.79 bits per heavy atom. The third-order valence-corrected chi connectivity index (χ3v) is 4.56. The second-order valence-electron chi connectivity index (χ2n) is 6.38. The number of carbonyl (C=O) groups is 1. The van der Waals surface area contributed by atoms with Gasteiger partial charge in [-0.3, -0.25) is 4.79 Å². The lowest BCUT2D eigenvalue weighted by molar-refractivity contribution is 0.0954. The van der Waals surface area contributed by atoms with Gasteiger partial charge in [-0.05, 0) is 48.2 Å². The maximum absolute atomic E-state index is 12.5. The Hall–Kier alpha value is -3.34. The third-order valence-electron chi connectivity index (χ3n) is 4.56. The van der Waals surface area contributed by atoms with Crippen molar-refractivity contribution in [3.8, 4) is 5.75 Å². The smallest absolute Gasteiger partial charge is 0.251 e. The number of aromatic nitrogens is 1. The van der Waals surface area contributed by atoms with E-state index in [1.807, 2.05) is 42.5 Å². The molecule has 28 heavy (non-hydrogen) atoms. The molecule has 0 saturated heterocycles. The number of methoxy groups -OCH3 is 1. The van der Waals surface area contributed by atoms with Crippen molar-refractivity contribution in [2.75, 3.05) is 19.0 Å². The molecule has 0 fully saturated rings. The first-order valence-corrected chi connectivity index (χ1v) is 9.42. The van der Waals surface area contributed by atoms with E-state index >= 15 is 0 Å². The van der Waals surface area contributed by atoms with Crippen molar-refractivity contribution in [2.45, 2.75) is 19.8 Å². The van der Waals surface area contributed by atoms with Crippen LogP contribution < -0.4 is 15.4 Å².